The molecule has 1 N–H and O–H groups in total. The van der Waals surface area contributed by atoms with Crippen LogP contribution in [0, 0.1) is 12.7 Å². The van der Waals surface area contributed by atoms with Gasteiger partial charge in [0.2, 0.25) is 0 Å². The van der Waals surface area contributed by atoms with Gasteiger partial charge in [-0.2, -0.15) is 5.10 Å². The molecule has 0 radical (unpaired) electrons. The van der Waals surface area contributed by atoms with Crippen molar-refractivity contribution < 1.29 is 4.39 Å². The van der Waals surface area contributed by atoms with E-state index in [1.165, 1.54) is 6.07 Å². The molecule has 6 heteroatoms. The predicted molar refractivity (Wildman–Crippen MR) is 84.5 cm³/mol. The Morgan fingerprint density at radius 3 is 2.62 bits per heavy atom. The van der Waals surface area contributed by atoms with Gasteiger partial charge in [0, 0.05) is 18.7 Å². The van der Waals surface area contributed by atoms with Gasteiger partial charge in [0.25, 0.3) is 0 Å². The molecule has 1 unspecified atom stereocenters. The van der Waals surface area contributed by atoms with Crippen molar-refractivity contribution >= 4 is 23.2 Å². The first kappa shape index (κ1) is 16.3. The maximum Gasteiger partial charge on any atom is 0.141 e. The summed E-state index contributed by atoms with van der Waals surface area (Å²) in [6.07, 6.45) is 0.675. The lowest BCUT2D eigenvalue weighted by molar-refractivity contribution is 0.546. The number of nitrogens with one attached hydrogen (secondary N) is 1. The molecule has 0 saturated heterocycles. The van der Waals surface area contributed by atoms with Crippen LogP contribution >= 0.6 is 23.2 Å². The van der Waals surface area contributed by atoms with Crippen LogP contribution in [-0.4, -0.2) is 16.3 Å². The van der Waals surface area contributed by atoms with Gasteiger partial charge in [-0.15, -0.1) is 0 Å². The van der Waals surface area contributed by atoms with Crippen molar-refractivity contribution in [3.05, 3.63) is 51.0 Å². The highest BCUT2D eigenvalue weighted by atomic mass is 35.5. The van der Waals surface area contributed by atoms with Crippen LogP contribution in [0.3, 0.4) is 0 Å². The second-order valence-corrected chi connectivity index (χ2v) is 5.73. The zero-order chi connectivity index (χ0) is 15.6. The van der Waals surface area contributed by atoms with Crippen molar-refractivity contribution in [1.82, 2.24) is 15.1 Å². The minimum atomic E-state index is -0.411. The van der Waals surface area contributed by atoms with Gasteiger partial charge < -0.3 is 5.32 Å². The van der Waals surface area contributed by atoms with Crippen LogP contribution in [0.25, 0.3) is 0 Å². The Kier molecular flexibility index (Phi) is 5.25. The van der Waals surface area contributed by atoms with Crippen LogP contribution in [-0.2, 0) is 13.5 Å². The van der Waals surface area contributed by atoms with E-state index in [2.05, 4.69) is 10.4 Å². The second kappa shape index (κ2) is 6.77. The summed E-state index contributed by atoms with van der Waals surface area (Å²) in [7, 11) is 1.82. The van der Waals surface area contributed by atoms with Gasteiger partial charge >= 0.3 is 0 Å². The summed E-state index contributed by atoms with van der Waals surface area (Å²) in [4.78, 5) is 0. The van der Waals surface area contributed by atoms with Crippen LogP contribution in [0.1, 0.15) is 29.8 Å². The minimum absolute atomic E-state index is 0.00787. The molecule has 2 aromatic rings. The molecule has 0 fully saturated rings. The molecule has 0 aliphatic heterocycles. The zero-order valence-electron chi connectivity index (χ0n) is 12.3. The molecule has 0 spiro atoms. The minimum Gasteiger partial charge on any atom is -0.310 e. The first-order chi connectivity index (χ1) is 9.93. The Morgan fingerprint density at radius 2 is 2.10 bits per heavy atom. The average molecular weight is 330 g/mol. The normalized spacial score (nSPS) is 12.7. The number of hydrogen-bond donors (Lipinski definition) is 1. The molecule has 1 atom stereocenters. The van der Waals surface area contributed by atoms with E-state index in [9.17, 15) is 4.39 Å². The van der Waals surface area contributed by atoms with Gasteiger partial charge in [0.05, 0.1) is 10.7 Å². The van der Waals surface area contributed by atoms with E-state index >= 15 is 0 Å². The molecule has 0 bridgehead atoms. The molecule has 2 rings (SSSR count). The van der Waals surface area contributed by atoms with E-state index in [0.717, 1.165) is 23.4 Å². The van der Waals surface area contributed by atoms with Gasteiger partial charge in [-0.3, -0.25) is 4.68 Å². The van der Waals surface area contributed by atoms with Gasteiger partial charge in [-0.1, -0.05) is 36.2 Å². The molecular formula is C15H18Cl2FN3. The van der Waals surface area contributed by atoms with Gasteiger partial charge in [0.15, 0.2) is 0 Å². The molecule has 0 aliphatic carbocycles. The van der Waals surface area contributed by atoms with Gasteiger partial charge in [-0.25, -0.2) is 4.39 Å². The SMILES string of the molecule is CCNC(Cc1c(C)nn(C)c1Cl)c1ccc(F)c(Cl)c1. The smallest absolute Gasteiger partial charge is 0.141 e. The number of benzene rings is 1. The lowest BCUT2D eigenvalue weighted by Crippen LogP contribution is -2.23. The Balaban J connectivity index is 2.32. The van der Waals surface area contributed by atoms with Crippen LogP contribution in [0.5, 0.6) is 0 Å². The van der Waals surface area contributed by atoms with Gasteiger partial charge in [0.1, 0.15) is 11.0 Å². The summed E-state index contributed by atoms with van der Waals surface area (Å²) in [5, 5.41) is 8.46. The quantitative estimate of drug-likeness (QED) is 0.896. The van der Waals surface area contributed by atoms with E-state index in [1.54, 1.807) is 16.8 Å². The number of halogens is 3. The van der Waals surface area contributed by atoms with Gasteiger partial charge in [-0.05, 0) is 37.6 Å². The van der Waals surface area contributed by atoms with Crippen molar-refractivity contribution in [3.63, 3.8) is 0 Å². The van der Waals surface area contributed by atoms with Crippen molar-refractivity contribution in [2.24, 2.45) is 7.05 Å². The average Bonchev–Trinajstić information content (AvgIpc) is 2.68. The summed E-state index contributed by atoms with van der Waals surface area (Å²) in [5.74, 6) is -0.411. The maximum absolute atomic E-state index is 13.3. The van der Waals surface area contributed by atoms with Crippen LogP contribution < -0.4 is 5.32 Å². The van der Waals surface area contributed by atoms with Crippen molar-refractivity contribution in [2.75, 3.05) is 6.54 Å². The Morgan fingerprint density at radius 1 is 1.38 bits per heavy atom. The molecule has 1 aromatic heterocycles. The van der Waals surface area contributed by atoms with Crippen LogP contribution in [0.2, 0.25) is 10.2 Å². The molecule has 0 saturated carbocycles. The molecule has 0 amide bonds. The number of hydrogen-bond acceptors (Lipinski definition) is 2. The van der Waals surface area contributed by atoms with E-state index < -0.39 is 5.82 Å². The van der Waals surface area contributed by atoms with Crippen molar-refractivity contribution in [1.29, 1.82) is 0 Å². The lowest BCUT2D eigenvalue weighted by atomic mass is 9.99. The predicted octanol–water partition coefficient (Wildman–Crippen LogP) is 4.07. The summed E-state index contributed by atoms with van der Waals surface area (Å²) < 4.78 is 15.0. The molecule has 1 aromatic carbocycles. The molecular weight excluding hydrogens is 312 g/mol. The van der Waals surface area contributed by atoms with E-state index in [-0.39, 0.29) is 11.1 Å². The number of nitrogens with zero attached hydrogens (tertiary/aromatic N) is 2. The summed E-state index contributed by atoms with van der Waals surface area (Å²) in [5.41, 5.74) is 2.83. The fourth-order valence-electron chi connectivity index (χ4n) is 2.39. The lowest BCUT2D eigenvalue weighted by Gasteiger charge is -2.19. The van der Waals surface area contributed by atoms with Crippen LogP contribution in [0.15, 0.2) is 18.2 Å². The molecule has 114 valence electrons. The van der Waals surface area contributed by atoms with E-state index in [0.29, 0.717) is 11.6 Å². The first-order valence-corrected chi connectivity index (χ1v) is 7.56. The highest BCUT2D eigenvalue weighted by molar-refractivity contribution is 6.31. The Bertz CT molecular complexity index is 640. The third-order valence-electron chi connectivity index (χ3n) is 3.47. The number of aryl methyl sites for hydroxylation is 2. The third-order valence-corrected chi connectivity index (χ3v) is 4.24. The largest absolute Gasteiger partial charge is 0.310 e. The molecule has 0 aliphatic rings. The summed E-state index contributed by atoms with van der Waals surface area (Å²) in [6.45, 7) is 4.74. The number of rotatable bonds is 5. The summed E-state index contributed by atoms with van der Waals surface area (Å²) >= 11 is 12.2. The highest BCUT2D eigenvalue weighted by Gasteiger charge is 2.19. The molecule has 3 nitrogen and oxygen atoms in total. The fourth-order valence-corrected chi connectivity index (χ4v) is 2.83. The fraction of sp³-hybridized carbons (Fsp3) is 0.400. The number of aromatic nitrogens is 2. The molecule has 1 heterocycles. The van der Waals surface area contributed by atoms with Crippen molar-refractivity contribution in [2.45, 2.75) is 26.3 Å². The van der Waals surface area contributed by atoms with Crippen LogP contribution in [0.4, 0.5) is 4.39 Å². The maximum atomic E-state index is 13.3. The summed E-state index contributed by atoms with van der Waals surface area (Å²) in [6, 6.07) is 4.80. The second-order valence-electron chi connectivity index (χ2n) is 4.97. The first-order valence-electron chi connectivity index (χ1n) is 6.80. The Labute approximate surface area is 134 Å². The topological polar surface area (TPSA) is 29.9 Å². The monoisotopic (exact) mass is 329 g/mol. The zero-order valence-corrected chi connectivity index (χ0v) is 13.8. The van der Waals surface area contributed by atoms with Crippen molar-refractivity contribution in [3.8, 4) is 0 Å². The van der Waals surface area contributed by atoms with E-state index in [1.807, 2.05) is 20.9 Å². The number of likely N-dealkylation sites (N-methyl/N-ethyl adjacent to an activating group) is 1. The highest BCUT2D eigenvalue weighted by Crippen LogP contribution is 2.27. The van der Waals surface area contributed by atoms with E-state index in [4.69, 9.17) is 23.2 Å². The third kappa shape index (κ3) is 3.57. The Hall–Kier alpha value is -1.10. The standard InChI is InChI=1S/C15H18Cl2FN3/c1-4-19-14(10-5-6-13(18)12(16)7-10)8-11-9(2)20-21(3)15(11)17/h5-7,14,19H,4,8H2,1-3H3. The molecule has 21 heavy (non-hydrogen) atoms.